The van der Waals surface area contributed by atoms with Crippen molar-refractivity contribution in [3.63, 3.8) is 0 Å². The van der Waals surface area contributed by atoms with Crippen LogP contribution in [0.1, 0.15) is 36.2 Å². The number of likely N-dealkylation sites (N-methyl/N-ethyl adjacent to an activating group) is 1. The molecule has 3 rings (SSSR count). The Labute approximate surface area is 163 Å². The number of thiophene rings is 1. The second-order valence-corrected chi connectivity index (χ2v) is 7.43. The molecule has 1 N–H and O–H groups in total. The molecule has 6 nitrogen and oxygen atoms in total. The number of hydrogen-bond donors (Lipinski definition) is 1. The highest BCUT2D eigenvalue weighted by molar-refractivity contribution is 7.12. The van der Waals surface area contributed by atoms with E-state index >= 15 is 0 Å². The molecule has 1 aromatic carbocycles. The minimum absolute atomic E-state index is 0.0138. The zero-order chi connectivity index (χ0) is 19.2. The predicted octanol–water partition coefficient (Wildman–Crippen LogP) is 3.48. The number of urea groups is 1. The number of hydrogen-bond acceptors (Lipinski definition) is 4. The monoisotopic (exact) mass is 384 g/mol. The molecular formula is C20H24N4O2S. The van der Waals surface area contributed by atoms with E-state index in [-0.39, 0.29) is 24.5 Å². The van der Waals surface area contributed by atoms with Crippen LogP contribution in [-0.2, 0) is 4.79 Å². The van der Waals surface area contributed by atoms with Crippen LogP contribution in [0.25, 0.3) is 0 Å². The molecule has 142 valence electrons. The van der Waals surface area contributed by atoms with E-state index < -0.39 is 0 Å². The average molecular weight is 385 g/mol. The molecule has 2 heterocycles. The minimum atomic E-state index is -0.247. The third-order valence-corrected chi connectivity index (χ3v) is 5.32. The van der Waals surface area contributed by atoms with Crippen LogP contribution in [0.4, 0.5) is 4.79 Å². The Bertz CT molecular complexity index is 805. The number of carbonyl (C=O) groups is 2. The van der Waals surface area contributed by atoms with Gasteiger partial charge in [-0.2, -0.15) is 5.10 Å². The number of carbonyl (C=O) groups excluding carboxylic acids is 2. The highest BCUT2D eigenvalue weighted by Crippen LogP contribution is 2.33. The third-order valence-electron chi connectivity index (χ3n) is 4.40. The summed E-state index contributed by atoms with van der Waals surface area (Å²) in [5.41, 5.74) is 1.95. The van der Waals surface area contributed by atoms with Crippen molar-refractivity contribution in [2.24, 2.45) is 5.10 Å². The number of hydrazone groups is 1. The second kappa shape index (κ2) is 8.81. The van der Waals surface area contributed by atoms with E-state index in [0.29, 0.717) is 13.0 Å². The van der Waals surface area contributed by atoms with Gasteiger partial charge in [0, 0.05) is 20.0 Å². The Morgan fingerprint density at radius 1 is 1.26 bits per heavy atom. The van der Waals surface area contributed by atoms with Crippen molar-refractivity contribution in [2.45, 2.75) is 25.8 Å². The molecule has 1 aliphatic heterocycles. The molecular weight excluding hydrogens is 360 g/mol. The molecule has 0 aliphatic carbocycles. The molecule has 0 bridgehead atoms. The first-order valence-electron chi connectivity index (χ1n) is 9.07. The fraction of sp³-hybridized carbons (Fsp3) is 0.350. The maximum absolute atomic E-state index is 12.9. The lowest BCUT2D eigenvalue weighted by atomic mass is 10.0. The van der Waals surface area contributed by atoms with Gasteiger partial charge < -0.3 is 10.2 Å². The van der Waals surface area contributed by atoms with Gasteiger partial charge in [0.25, 0.3) is 5.91 Å². The highest BCUT2D eigenvalue weighted by atomic mass is 32.1. The summed E-state index contributed by atoms with van der Waals surface area (Å²) in [6.07, 6.45) is 1.52. The molecule has 1 aromatic heterocycles. The molecule has 1 aliphatic rings. The van der Waals surface area contributed by atoms with Gasteiger partial charge in [-0.1, -0.05) is 43.3 Å². The van der Waals surface area contributed by atoms with E-state index in [1.807, 2.05) is 54.8 Å². The van der Waals surface area contributed by atoms with Crippen molar-refractivity contribution in [2.75, 3.05) is 20.1 Å². The minimum Gasteiger partial charge on any atom is -0.338 e. The maximum Gasteiger partial charge on any atom is 0.317 e. The first kappa shape index (κ1) is 19.1. The number of amides is 3. The molecule has 3 amide bonds. The summed E-state index contributed by atoms with van der Waals surface area (Å²) in [4.78, 5) is 27.5. The van der Waals surface area contributed by atoms with Crippen LogP contribution in [0.15, 0.2) is 52.9 Å². The van der Waals surface area contributed by atoms with E-state index in [1.165, 1.54) is 9.91 Å². The van der Waals surface area contributed by atoms with E-state index in [1.54, 1.807) is 18.4 Å². The summed E-state index contributed by atoms with van der Waals surface area (Å²) in [5.74, 6) is -0.190. The Morgan fingerprint density at radius 2 is 2.04 bits per heavy atom. The van der Waals surface area contributed by atoms with Gasteiger partial charge in [-0.25, -0.2) is 9.80 Å². The van der Waals surface area contributed by atoms with E-state index in [9.17, 15) is 9.59 Å². The molecule has 2 aromatic rings. The SMILES string of the molecule is CCCNC(=O)N(C)CC(=O)N1N=C(c2cccs2)CC1c1ccccc1. The van der Waals surface area contributed by atoms with Gasteiger partial charge in [0.2, 0.25) is 0 Å². The van der Waals surface area contributed by atoms with Gasteiger partial charge in [0.05, 0.1) is 16.6 Å². The summed E-state index contributed by atoms with van der Waals surface area (Å²) < 4.78 is 0. The van der Waals surface area contributed by atoms with Gasteiger partial charge in [0.15, 0.2) is 0 Å². The molecule has 27 heavy (non-hydrogen) atoms. The van der Waals surface area contributed by atoms with Gasteiger partial charge in [-0.05, 0) is 23.4 Å². The molecule has 1 unspecified atom stereocenters. The van der Waals surface area contributed by atoms with Crippen LogP contribution in [0.3, 0.4) is 0 Å². The van der Waals surface area contributed by atoms with Crippen LogP contribution in [-0.4, -0.2) is 47.7 Å². The Hall–Kier alpha value is -2.67. The first-order valence-corrected chi connectivity index (χ1v) is 9.95. The molecule has 0 radical (unpaired) electrons. The van der Waals surface area contributed by atoms with Crippen molar-refractivity contribution in [3.05, 3.63) is 58.3 Å². The van der Waals surface area contributed by atoms with Crippen LogP contribution in [0.5, 0.6) is 0 Å². The Morgan fingerprint density at radius 3 is 2.70 bits per heavy atom. The fourth-order valence-electron chi connectivity index (χ4n) is 2.98. The average Bonchev–Trinajstić information content (AvgIpc) is 3.36. The van der Waals surface area contributed by atoms with Gasteiger partial charge in [-0.15, -0.1) is 11.3 Å². The number of benzene rings is 1. The summed E-state index contributed by atoms with van der Waals surface area (Å²) in [7, 11) is 1.63. The molecule has 7 heteroatoms. The third kappa shape index (κ3) is 4.54. The number of rotatable bonds is 6. The lowest BCUT2D eigenvalue weighted by Crippen LogP contribution is -2.43. The first-order chi connectivity index (χ1) is 13.1. The van der Waals surface area contributed by atoms with E-state index in [0.717, 1.165) is 22.6 Å². The van der Waals surface area contributed by atoms with Crippen LogP contribution in [0.2, 0.25) is 0 Å². The number of nitrogens with one attached hydrogen (secondary N) is 1. The van der Waals surface area contributed by atoms with Crippen LogP contribution < -0.4 is 5.32 Å². The van der Waals surface area contributed by atoms with Crippen molar-refractivity contribution in [3.8, 4) is 0 Å². The fourth-order valence-corrected chi connectivity index (χ4v) is 3.70. The zero-order valence-corrected chi connectivity index (χ0v) is 16.4. The van der Waals surface area contributed by atoms with Crippen molar-refractivity contribution in [1.82, 2.24) is 15.2 Å². The normalized spacial score (nSPS) is 16.1. The molecule has 0 fully saturated rings. The topological polar surface area (TPSA) is 65.0 Å². The maximum atomic E-state index is 12.9. The summed E-state index contributed by atoms with van der Waals surface area (Å²) >= 11 is 1.62. The summed E-state index contributed by atoms with van der Waals surface area (Å²) in [6.45, 7) is 2.56. The van der Waals surface area contributed by atoms with Crippen molar-refractivity contribution >= 4 is 29.0 Å². The summed E-state index contributed by atoms with van der Waals surface area (Å²) in [6, 6.07) is 13.5. The van der Waals surface area contributed by atoms with E-state index in [4.69, 9.17) is 0 Å². The Kier molecular flexibility index (Phi) is 6.24. The zero-order valence-electron chi connectivity index (χ0n) is 15.6. The molecule has 0 saturated heterocycles. The van der Waals surface area contributed by atoms with Gasteiger partial charge >= 0.3 is 6.03 Å². The number of nitrogens with zero attached hydrogens (tertiary/aromatic N) is 3. The van der Waals surface area contributed by atoms with Crippen molar-refractivity contribution < 1.29 is 9.59 Å². The van der Waals surface area contributed by atoms with Crippen LogP contribution >= 0.6 is 11.3 Å². The predicted molar refractivity (Wildman–Crippen MR) is 108 cm³/mol. The second-order valence-electron chi connectivity index (χ2n) is 6.48. The summed E-state index contributed by atoms with van der Waals surface area (Å²) in [5, 5.41) is 10.9. The Balaban J connectivity index is 1.78. The molecule has 0 spiro atoms. The molecule has 0 saturated carbocycles. The smallest absolute Gasteiger partial charge is 0.317 e. The lowest BCUT2D eigenvalue weighted by molar-refractivity contribution is -0.133. The van der Waals surface area contributed by atoms with Crippen molar-refractivity contribution in [1.29, 1.82) is 0 Å². The standard InChI is InChI=1S/C20H24N4O2S/c1-3-11-21-20(26)23(2)14-19(25)24-17(15-8-5-4-6-9-15)13-16(22-24)18-10-7-12-27-18/h4-10,12,17H,3,11,13-14H2,1-2H3,(H,21,26). The molecule has 1 atom stereocenters. The van der Waals surface area contributed by atoms with Crippen LogP contribution in [0, 0.1) is 0 Å². The van der Waals surface area contributed by atoms with Gasteiger partial charge in [0.1, 0.15) is 6.54 Å². The highest BCUT2D eigenvalue weighted by Gasteiger charge is 2.34. The van der Waals surface area contributed by atoms with E-state index in [2.05, 4.69) is 10.4 Å². The lowest BCUT2D eigenvalue weighted by Gasteiger charge is -2.25. The quantitative estimate of drug-likeness (QED) is 0.829. The van der Waals surface area contributed by atoms with Gasteiger partial charge in [-0.3, -0.25) is 4.79 Å². The largest absolute Gasteiger partial charge is 0.338 e.